The maximum atomic E-state index is 13.7. The SMILES string of the molecule is CCCc1[nH]nc(C(=O)Nc2c(F)cc(F)cc2Br)c1N. The Morgan fingerprint density at radius 1 is 1.48 bits per heavy atom. The zero-order valence-electron chi connectivity index (χ0n) is 11.1. The first kappa shape index (κ1) is 15.4. The van der Waals surface area contributed by atoms with Gasteiger partial charge >= 0.3 is 0 Å². The lowest BCUT2D eigenvalue weighted by Gasteiger charge is -2.08. The van der Waals surface area contributed by atoms with Gasteiger partial charge in [-0.05, 0) is 28.4 Å². The molecule has 112 valence electrons. The van der Waals surface area contributed by atoms with Crippen LogP contribution in [0.15, 0.2) is 16.6 Å². The van der Waals surface area contributed by atoms with Gasteiger partial charge in [-0.25, -0.2) is 8.78 Å². The van der Waals surface area contributed by atoms with Crippen LogP contribution in [0, 0.1) is 11.6 Å². The number of nitrogens with one attached hydrogen (secondary N) is 2. The van der Waals surface area contributed by atoms with E-state index in [1.54, 1.807) is 0 Å². The summed E-state index contributed by atoms with van der Waals surface area (Å²) in [6.07, 6.45) is 1.49. The molecule has 0 aliphatic rings. The van der Waals surface area contributed by atoms with Crippen molar-refractivity contribution >= 4 is 33.2 Å². The second-order valence-corrected chi connectivity index (χ2v) is 5.27. The van der Waals surface area contributed by atoms with E-state index in [2.05, 4.69) is 31.4 Å². The van der Waals surface area contributed by atoms with Gasteiger partial charge in [-0.3, -0.25) is 9.89 Å². The predicted octanol–water partition coefficient (Wildman–Crippen LogP) is 3.24. The minimum Gasteiger partial charge on any atom is -0.395 e. The Kier molecular flexibility index (Phi) is 4.56. The molecule has 5 nitrogen and oxygen atoms in total. The van der Waals surface area contributed by atoms with Gasteiger partial charge in [-0.1, -0.05) is 13.3 Å². The highest BCUT2D eigenvalue weighted by molar-refractivity contribution is 9.10. The van der Waals surface area contributed by atoms with Crippen LogP contribution in [0.2, 0.25) is 0 Å². The van der Waals surface area contributed by atoms with Crippen molar-refractivity contribution < 1.29 is 13.6 Å². The van der Waals surface area contributed by atoms with Crippen LogP contribution in [-0.2, 0) is 6.42 Å². The van der Waals surface area contributed by atoms with Gasteiger partial charge in [0.05, 0.1) is 17.1 Å². The van der Waals surface area contributed by atoms with Gasteiger partial charge in [0.2, 0.25) is 0 Å². The highest BCUT2D eigenvalue weighted by atomic mass is 79.9. The van der Waals surface area contributed by atoms with E-state index in [1.807, 2.05) is 6.92 Å². The summed E-state index contributed by atoms with van der Waals surface area (Å²) in [6, 6.07) is 1.73. The number of benzene rings is 1. The predicted molar refractivity (Wildman–Crippen MR) is 79.0 cm³/mol. The van der Waals surface area contributed by atoms with E-state index in [0.29, 0.717) is 18.2 Å². The number of carbonyl (C=O) groups excluding carboxylic acids is 1. The second kappa shape index (κ2) is 6.21. The van der Waals surface area contributed by atoms with Gasteiger partial charge < -0.3 is 11.1 Å². The minimum absolute atomic E-state index is 0.0194. The molecule has 21 heavy (non-hydrogen) atoms. The van der Waals surface area contributed by atoms with E-state index in [-0.39, 0.29) is 21.5 Å². The third kappa shape index (κ3) is 3.21. The van der Waals surface area contributed by atoms with Gasteiger partial charge in [-0.15, -0.1) is 0 Å². The fraction of sp³-hybridized carbons (Fsp3) is 0.231. The molecule has 0 spiro atoms. The van der Waals surface area contributed by atoms with Gasteiger partial charge in [0, 0.05) is 10.5 Å². The molecule has 1 aromatic carbocycles. The van der Waals surface area contributed by atoms with Crippen molar-refractivity contribution in [3.05, 3.63) is 39.6 Å². The van der Waals surface area contributed by atoms with Crippen LogP contribution in [0.1, 0.15) is 29.5 Å². The Morgan fingerprint density at radius 3 is 2.81 bits per heavy atom. The number of aromatic nitrogens is 2. The number of nitrogens with two attached hydrogens (primary N) is 1. The highest BCUT2D eigenvalue weighted by Gasteiger charge is 2.19. The number of aryl methyl sites for hydroxylation is 1. The van der Waals surface area contributed by atoms with E-state index < -0.39 is 17.5 Å². The van der Waals surface area contributed by atoms with Crippen molar-refractivity contribution in [1.29, 1.82) is 0 Å². The van der Waals surface area contributed by atoms with Crippen LogP contribution in [0.3, 0.4) is 0 Å². The number of carbonyl (C=O) groups is 1. The average molecular weight is 359 g/mol. The van der Waals surface area contributed by atoms with Gasteiger partial charge in [0.1, 0.15) is 5.82 Å². The Labute approximate surface area is 128 Å². The third-order valence-electron chi connectivity index (χ3n) is 2.84. The fourth-order valence-electron chi connectivity index (χ4n) is 1.83. The standard InChI is InChI=1S/C13H13BrF2N4O/c1-2-3-9-10(17)12(20-19-9)13(21)18-11-7(14)4-6(15)5-8(11)16/h4-5H,2-3,17H2,1H3,(H,18,21)(H,19,20). The van der Waals surface area contributed by atoms with Crippen LogP contribution in [0.25, 0.3) is 0 Å². The number of rotatable bonds is 4. The molecule has 0 aliphatic heterocycles. The summed E-state index contributed by atoms with van der Waals surface area (Å²) in [5.41, 5.74) is 6.52. The molecule has 1 amide bonds. The molecule has 2 rings (SSSR count). The number of anilines is 2. The number of amides is 1. The molecule has 0 fully saturated rings. The number of H-pyrrole nitrogens is 1. The lowest BCUT2D eigenvalue weighted by molar-refractivity contribution is 0.102. The summed E-state index contributed by atoms with van der Waals surface area (Å²) in [5, 5.41) is 8.84. The van der Waals surface area contributed by atoms with Crippen molar-refractivity contribution in [2.45, 2.75) is 19.8 Å². The van der Waals surface area contributed by atoms with Crippen LogP contribution in [0.4, 0.5) is 20.2 Å². The summed E-state index contributed by atoms with van der Waals surface area (Å²) in [6.45, 7) is 1.96. The number of nitrogens with zero attached hydrogens (tertiary/aromatic N) is 1. The molecular formula is C13H13BrF2N4O. The van der Waals surface area contributed by atoms with E-state index in [4.69, 9.17) is 5.73 Å². The molecule has 1 aromatic heterocycles. The number of halogens is 3. The van der Waals surface area contributed by atoms with Crippen LogP contribution in [-0.4, -0.2) is 16.1 Å². The average Bonchev–Trinajstić information content (AvgIpc) is 2.76. The van der Waals surface area contributed by atoms with E-state index in [9.17, 15) is 13.6 Å². The van der Waals surface area contributed by atoms with E-state index >= 15 is 0 Å². The summed E-state index contributed by atoms with van der Waals surface area (Å²) in [4.78, 5) is 12.1. The van der Waals surface area contributed by atoms with Gasteiger partial charge in [0.25, 0.3) is 5.91 Å². The lowest BCUT2D eigenvalue weighted by Crippen LogP contribution is -2.16. The molecule has 0 atom stereocenters. The van der Waals surface area contributed by atoms with Gasteiger partial charge in [0.15, 0.2) is 11.5 Å². The van der Waals surface area contributed by atoms with Gasteiger partial charge in [-0.2, -0.15) is 5.10 Å². The molecule has 0 saturated heterocycles. The van der Waals surface area contributed by atoms with Crippen LogP contribution < -0.4 is 11.1 Å². The molecule has 0 aliphatic carbocycles. The largest absolute Gasteiger partial charge is 0.395 e. The molecular weight excluding hydrogens is 346 g/mol. The normalized spacial score (nSPS) is 10.7. The second-order valence-electron chi connectivity index (χ2n) is 4.41. The number of aromatic amines is 1. The molecule has 4 N–H and O–H groups in total. The molecule has 8 heteroatoms. The molecule has 0 unspecified atom stereocenters. The fourth-order valence-corrected chi connectivity index (χ4v) is 2.34. The van der Waals surface area contributed by atoms with Crippen LogP contribution in [0.5, 0.6) is 0 Å². The quantitative estimate of drug-likeness (QED) is 0.784. The van der Waals surface area contributed by atoms with Crippen LogP contribution >= 0.6 is 15.9 Å². The van der Waals surface area contributed by atoms with E-state index in [0.717, 1.165) is 12.5 Å². The van der Waals surface area contributed by atoms with E-state index in [1.165, 1.54) is 0 Å². The lowest BCUT2D eigenvalue weighted by atomic mass is 10.2. The molecule has 0 saturated carbocycles. The van der Waals surface area contributed by atoms with Crippen molar-refractivity contribution in [3.8, 4) is 0 Å². The zero-order valence-corrected chi connectivity index (χ0v) is 12.7. The first-order chi connectivity index (χ1) is 9.93. The monoisotopic (exact) mass is 358 g/mol. The molecule has 0 radical (unpaired) electrons. The third-order valence-corrected chi connectivity index (χ3v) is 3.47. The van der Waals surface area contributed by atoms with Crippen molar-refractivity contribution in [2.75, 3.05) is 11.1 Å². The maximum Gasteiger partial charge on any atom is 0.278 e. The topological polar surface area (TPSA) is 83.8 Å². The summed E-state index contributed by atoms with van der Waals surface area (Å²) < 4.78 is 26.8. The van der Waals surface area contributed by atoms with Crippen molar-refractivity contribution in [2.24, 2.45) is 0 Å². The first-order valence-electron chi connectivity index (χ1n) is 6.22. The van der Waals surface area contributed by atoms with Crippen molar-refractivity contribution in [3.63, 3.8) is 0 Å². The molecule has 0 bridgehead atoms. The summed E-state index contributed by atoms with van der Waals surface area (Å²) in [7, 11) is 0. The first-order valence-corrected chi connectivity index (χ1v) is 7.02. The summed E-state index contributed by atoms with van der Waals surface area (Å²) in [5.74, 6) is -2.31. The zero-order chi connectivity index (χ0) is 15.6. The Morgan fingerprint density at radius 2 is 2.19 bits per heavy atom. The molecule has 1 heterocycles. The Hall–Kier alpha value is -1.96. The molecule has 2 aromatic rings. The highest BCUT2D eigenvalue weighted by Crippen LogP contribution is 2.28. The van der Waals surface area contributed by atoms with Crippen molar-refractivity contribution in [1.82, 2.24) is 10.2 Å². The smallest absolute Gasteiger partial charge is 0.278 e. The number of hydrogen-bond donors (Lipinski definition) is 3. The number of hydrogen-bond acceptors (Lipinski definition) is 3. The Balaban J connectivity index is 2.27. The number of nitrogen functional groups attached to an aromatic ring is 1. The Bertz CT molecular complexity index is 664. The minimum atomic E-state index is -0.891. The summed E-state index contributed by atoms with van der Waals surface area (Å²) >= 11 is 2.99. The maximum absolute atomic E-state index is 13.7.